The molecule has 2 aromatic carbocycles. The molecule has 0 fully saturated rings. The second kappa shape index (κ2) is 6.46. The Labute approximate surface area is 133 Å². The first-order chi connectivity index (χ1) is 8.08. The molecule has 0 heterocycles. The van der Waals surface area contributed by atoms with Gasteiger partial charge in [-0.3, -0.25) is 0 Å². The van der Waals surface area contributed by atoms with Crippen LogP contribution in [0.2, 0.25) is 0 Å². The molecule has 0 bridgehead atoms. The number of anilines is 1. The van der Waals surface area contributed by atoms with Crippen molar-refractivity contribution >= 4 is 15.7 Å². The number of benzene rings is 2. The van der Waals surface area contributed by atoms with Crippen LogP contribution in [0.4, 0.5) is 5.69 Å². The van der Waals surface area contributed by atoms with E-state index in [1.165, 1.54) is 0 Å². The van der Waals surface area contributed by atoms with Gasteiger partial charge in [0.2, 0.25) is 0 Å². The Morgan fingerprint density at radius 2 is 1.56 bits per heavy atom. The second-order valence-corrected chi connectivity index (χ2v) is 5.39. The summed E-state index contributed by atoms with van der Waals surface area (Å²) in [6.45, 7) is 1.91. The molecule has 5 heteroatoms. The SMILES string of the molecule is Cc1ccc(S(=O)(=O)Nc2cc[c-]cc2)cc1.[Y]. The van der Waals surface area contributed by atoms with Crippen LogP contribution in [-0.2, 0) is 42.7 Å². The van der Waals surface area contributed by atoms with Gasteiger partial charge < -0.3 is 4.72 Å². The zero-order valence-corrected chi connectivity index (χ0v) is 13.6. The van der Waals surface area contributed by atoms with Gasteiger partial charge in [-0.25, -0.2) is 8.42 Å². The fourth-order valence-electron chi connectivity index (χ4n) is 1.39. The molecule has 0 aliphatic heterocycles. The van der Waals surface area contributed by atoms with Crippen molar-refractivity contribution < 1.29 is 41.1 Å². The molecule has 18 heavy (non-hydrogen) atoms. The van der Waals surface area contributed by atoms with Crippen molar-refractivity contribution in [3.63, 3.8) is 0 Å². The second-order valence-electron chi connectivity index (χ2n) is 3.71. The summed E-state index contributed by atoms with van der Waals surface area (Å²) < 4.78 is 26.5. The Morgan fingerprint density at radius 1 is 1.00 bits per heavy atom. The van der Waals surface area contributed by atoms with Crippen molar-refractivity contribution in [2.45, 2.75) is 11.8 Å². The summed E-state index contributed by atoms with van der Waals surface area (Å²) in [6, 6.07) is 16.2. The minimum absolute atomic E-state index is 0. The molecule has 2 rings (SSSR count). The molecule has 0 atom stereocenters. The standard InChI is InChI=1S/C13H12NO2S.Y/c1-11-7-9-13(10-8-11)17(15,16)14-12-5-3-2-4-6-12;/h3-10,14H,1H3;/q-1;. The Hall–Kier alpha value is -0.706. The van der Waals surface area contributed by atoms with Crippen LogP contribution in [0.5, 0.6) is 0 Å². The Balaban J connectivity index is 0.00000162. The van der Waals surface area contributed by atoms with Crippen molar-refractivity contribution in [2.24, 2.45) is 0 Å². The first kappa shape index (κ1) is 15.4. The van der Waals surface area contributed by atoms with Crippen LogP contribution >= 0.6 is 0 Å². The van der Waals surface area contributed by atoms with E-state index in [1.54, 1.807) is 48.5 Å². The molecule has 0 aliphatic rings. The molecule has 91 valence electrons. The van der Waals surface area contributed by atoms with Crippen molar-refractivity contribution in [1.82, 2.24) is 0 Å². The van der Waals surface area contributed by atoms with E-state index < -0.39 is 10.0 Å². The van der Waals surface area contributed by atoms with Gasteiger partial charge in [0.25, 0.3) is 10.0 Å². The van der Waals surface area contributed by atoms with Crippen molar-refractivity contribution in [2.75, 3.05) is 4.72 Å². The summed E-state index contributed by atoms with van der Waals surface area (Å²) in [5.74, 6) is 0. The van der Waals surface area contributed by atoms with Gasteiger partial charge in [-0.1, -0.05) is 23.4 Å². The molecule has 0 aliphatic carbocycles. The molecule has 0 unspecified atom stereocenters. The minimum atomic E-state index is -3.49. The van der Waals surface area contributed by atoms with E-state index in [2.05, 4.69) is 10.8 Å². The Morgan fingerprint density at radius 3 is 2.11 bits per heavy atom. The molecule has 1 N–H and O–H groups in total. The van der Waals surface area contributed by atoms with Crippen LogP contribution in [0.15, 0.2) is 53.4 Å². The van der Waals surface area contributed by atoms with E-state index in [4.69, 9.17) is 0 Å². The quantitative estimate of drug-likeness (QED) is 0.877. The maximum atomic E-state index is 12.0. The number of aryl methyl sites for hydroxylation is 1. The molecule has 0 aromatic heterocycles. The van der Waals surface area contributed by atoms with Gasteiger partial charge in [0.15, 0.2) is 0 Å². The predicted molar refractivity (Wildman–Crippen MR) is 67.3 cm³/mol. The number of hydrogen-bond acceptors (Lipinski definition) is 2. The maximum absolute atomic E-state index is 12.0. The first-order valence-electron chi connectivity index (χ1n) is 5.13. The third-order valence-corrected chi connectivity index (χ3v) is 3.70. The summed E-state index contributed by atoms with van der Waals surface area (Å²) in [7, 11) is -3.49. The normalized spacial score (nSPS) is 10.5. The van der Waals surface area contributed by atoms with Crippen LogP contribution in [-0.4, -0.2) is 8.42 Å². The zero-order valence-electron chi connectivity index (χ0n) is 9.92. The van der Waals surface area contributed by atoms with E-state index >= 15 is 0 Å². The zero-order chi connectivity index (χ0) is 12.3. The molecule has 1 radical (unpaired) electrons. The smallest absolute Gasteiger partial charge is 0.260 e. The summed E-state index contributed by atoms with van der Waals surface area (Å²) in [5, 5.41) is 0. The molecule has 3 nitrogen and oxygen atoms in total. The van der Waals surface area contributed by atoms with Crippen LogP contribution in [0.25, 0.3) is 0 Å². The topological polar surface area (TPSA) is 46.2 Å². The number of rotatable bonds is 3. The summed E-state index contributed by atoms with van der Waals surface area (Å²) in [6.07, 6.45) is 0. The molecule has 0 saturated heterocycles. The monoisotopic (exact) mass is 335 g/mol. The maximum Gasteiger partial charge on any atom is 0.260 e. The third kappa shape index (κ3) is 3.90. The molecule has 0 saturated carbocycles. The van der Waals surface area contributed by atoms with E-state index in [-0.39, 0.29) is 37.6 Å². The van der Waals surface area contributed by atoms with Gasteiger partial charge in [-0.05, 0) is 19.1 Å². The van der Waals surface area contributed by atoms with Gasteiger partial charge in [0.1, 0.15) is 0 Å². The number of sulfonamides is 1. The van der Waals surface area contributed by atoms with Gasteiger partial charge >= 0.3 is 0 Å². The van der Waals surface area contributed by atoms with Crippen molar-refractivity contribution in [3.8, 4) is 0 Å². The van der Waals surface area contributed by atoms with Crippen LogP contribution in [0.3, 0.4) is 0 Å². The average molecular weight is 335 g/mol. The van der Waals surface area contributed by atoms with E-state index in [1.807, 2.05) is 6.92 Å². The van der Waals surface area contributed by atoms with Gasteiger partial charge in [0, 0.05) is 32.7 Å². The molecule has 0 spiro atoms. The largest absolute Gasteiger partial charge is 0.303 e. The Bertz CT molecular complexity index is 595. The van der Waals surface area contributed by atoms with Gasteiger partial charge in [-0.2, -0.15) is 18.2 Å². The Kier molecular flexibility index (Phi) is 5.51. The average Bonchev–Trinajstić information content (AvgIpc) is 2.30. The summed E-state index contributed by atoms with van der Waals surface area (Å²) >= 11 is 0. The predicted octanol–water partition coefficient (Wildman–Crippen LogP) is 2.59. The van der Waals surface area contributed by atoms with Gasteiger partial charge in [0.05, 0.1) is 4.90 Å². The van der Waals surface area contributed by atoms with Crippen molar-refractivity contribution in [1.29, 1.82) is 0 Å². The van der Waals surface area contributed by atoms with Crippen LogP contribution in [0.1, 0.15) is 5.56 Å². The van der Waals surface area contributed by atoms with Crippen molar-refractivity contribution in [3.05, 3.63) is 60.2 Å². The molecule has 2 aromatic rings. The van der Waals surface area contributed by atoms with E-state index in [0.29, 0.717) is 5.69 Å². The summed E-state index contributed by atoms with van der Waals surface area (Å²) in [4.78, 5) is 0.260. The van der Waals surface area contributed by atoms with Crippen LogP contribution < -0.4 is 4.72 Å². The van der Waals surface area contributed by atoms with E-state index in [9.17, 15) is 8.42 Å². The molecule has 0 amide bonds. The first-order valence-corrected chi connectivity index (χ1v) is 6.62. The summed E-state index contributed by atoms with van der Waals surface area (Å²) in [5.41, 5.74) is 1.56. The minimum Gasteiger partial charge on any atom is -0.303 e. The fraction of sp³-hybridized carbons (Fsp3) is 0.0769. The third-order valence-electron chi connectivity index (χ3n) is 2.30. The van der Waals surface area contributed by atoms with E-state index in [0.717, 1.165) is 5.56 Å². The number of hydrogen-bond donors (Lipinski definition) is 1. The van der Waals surface area contributed by atoms with Crippen LogP contribution in [0, 0.1) is 13.0 Å². The number of nitrogens with one attached hydrogen (secondary N) is 1. The molecular formula is C13H12NO2SY-. The molecular weight excluding hydrogens is 323 g/mol. The fourth-order valence-corrected chi connectivity index (χ4v) is 2.45. The van der Waals surface area contributed by atoms with Gasteiger partial charge in [-0.15, -0.1) is 12.1 Å².